The highest BCUT2D eigenvalue weighted by Crippen LogP contribution is 2.30. The zero-order valence-electron chi connectivity index (χ0n) is 20.5. The molecule has 8 nitrogen and oxygen atoms in total. The van der Waals surface area contributed by atoms with Gasteiger partial charge in [-0.1, -0.05) is 24.3 Å². The van der Waals surface area contributed by atoms with E-state index in [-0.39, 0.29) is 30.7 Å². The first-order valence-corrected chi connectivity index (χ1v) is 12.9. The molecule has 0 aromatic heterocycles. The summed E-state index contributed by atoms with van der Waals surface area (Å²) < 4.78 is 56.0. The molecule has 1 atom stereocenters. The molecule has 0 aliphatic rings. The van der Waals surface area contributed by atoms with Gasteiger partial charge in [0.15, 0.2) is 18.1 Å². The number of rotatable bonds is 11. The minimum absolute atomic E-state index is 0.151. The number of methoxy groups -OCH3 is 2. The molecule has 0 aliphatic carbocycles. The number of nitrogens with one attached hydrogen (secondary N) is 1. The highest BCUT2D eigenvalue weighted by molar-refractivity contribution is 7.92. The second kappa shape index (κ2) is 11.8. The minimum Gasteiger partial charge on any atom is -0.493 e. The predicted octanol–water partition coefficient (Wildman–Crippen LogP) is 4.07. The molecule has 0 saturated carbocycles. The molecule has 0 saturated heterocycles. The predicted molar refractivity (Wildman–Crippen MR) is 135 cm³/mol. The molecule has 0 unspecified atom stereocenters. The van der Waals surface area contributed by atoms with Crippen LogP contribution in [0, 0.1) is 5.82 Å². The first-order valence-electron chi connectivity index (χ1n) is 11.1. The summed E-state index contributed by atoms with van der Waals surface area (Å²) in [4.78, 5) is 12.4. The zero-order valence-corrected chi connectivity index (χ0v) is 21.3. The molecule has 3 rings (SSSR count). The SMILES string of the molecule is COc1ccc([C@@H](C)NC(=O)COc2ccc(N(Cc3ccccc3F)S(C)(=O)=O)cc2)cc1OC. The lowest BCUT2D eigenvalue weighted by atomic mass is 10.1. The van der Waals surface area contributed by atoms with Crippen molar-refractivity contribution in [2.45, 2.75) is 19.5 Å². The Kier molecular flexibility index (Phi) is 8.76. The normalized spacial score (nSPS) is 11.9. The number of hydrogen-bond donors (Lipinski definition) is 1. The van der Waals surface area contributed by atoms with Crippen LogP contribution in [0.1, 0.15) is 24.1 Å². The van der Waals surface area contributed by atoms with Crippen molar-refractivity contribution in [3.05, 3.63) is 83.7 Å². The van der Waals surface area contributed by atoms with Crippen molar-refractivity contribution in [2.24, 2.45) is 0 Å². The van der Waals surface area contributed by atoms with E-state index in [1.807, 2.05) is 13.0 Å². The number of amides is 1. The topological polar surface area (TPSA) is 94.2 Å². The summed E-state index contributed by atoms with van der Waals surface area (Å²) in [6.45, 7) is 1.45. The van der Waals surface area contributed by atoms with Crippen molar-refractivity contribution in [3.63, 3.8) is 0 Å². The average Bonchev–Trinajstić information content (AvgIpc) is 2.86. The van der Waals surface area contributed by atoms with Crippen LogP contribution in [0.5, 0.6) is 17.2 Å². The molecule has 36 heavy (non-hydrogen) atoms. The number of carbonyl (C=O) groups excluding carboxylic acids is 1. The number of carbonyl (C=O) groups is 1. The van der Waals surface area contributed by atoms with Gasteiger partial charge in [0.05, 0.1) is 38.7 Å². The fourth-order valence-corrected chi connectivity index (χ4v) is 4.41. The van der Waals surface area contributed by atoms with Crippen LogP contribution < -0.4 is 23.8 Å². The molecule has 1 N–H and O–H groups in total. The lowest BCUT2D eigenvalue weighted by Gasteiger charge is -2.23. The summed E-state index contributed by atoms with van der Waals surface area (Å²) >= 11 is 0. The maximum absolute atomic E-state index is 14.1. The molecule has 0 radical (unpaired) electrons. The molecule has 0 spiro atoms. The standard InChI is InChI=1S/C26H29FN2O6S/c1-18(19-9-14-24(33-2)25(15-19)34-3)28-26(30)17-35-22-12-10-21(11-13-22)29(36(4,31)32)16-20-7-5-6-8-23(20)27/h5-15,18H,16-17H2,1-4H3,(H,28,30)/t18-/m1/s1. The number of benzene rings is 3. The van der Waals surface area contributed by atoms with E-state index in [1.54, 1.807) is 62.8 Å². The van der Waals surface area contributed by atoms with E-state index >= 15 is 0 Å². The van der Waals surface area contributed by atoms with Crippen molar-refractivity contribution in [1.29, 1.82) is 0 Å². The number of nitrogens with zero attached hydrogens (tertiary/aromatic N) is 1. The Bertz CT molecular complexity index is 1300. The second-order valence-corrected chi connectivity index (χ2v) is 9.95. The van der Waals surface area contributed by atoms with E-state index in [0.717, 1.165) is 16.1 Å². The molecule has 10 heteroatoms. The number of sulfonamides is 1. The van der Waals surface area contributed by atoms with Crippen LogP contribution in [-0.2, 0) is 21.4 Å². The van der Waals surface area contributed by atoms with E-state index in [4.69, 9.17) is 14.2 Å². The summed E-state index contributed by atoms with van der Waals surface area (Å²) in [5, 5.41) is 2.85. The summed E-state index contributed by atoms with van der Waals surface area (Å²) in [7, 11) is -0.585. The number of hydrogen-bond acceptors (Lipinski definition) is 6. The monoisotopic (exact) mass is 516 g/mol. The van der Waals surface area contributed by atoms with Gasteiger partial charge in [-0.25, -0.2) is 12.8 Å². The highest BCUT2D eigenvalue weighted by Gasteiger charge is 2.20. The summed E-state index contributed by atoms with van der Waals surface area (Å²) in [5.41, 5.74) is 1.43. The lowest BCUT2D eigenvalue weighted by Crippen LogP contribution is -2.31. The van der Waals surface area contributed by atoms with E-state index < -0.39 is 15.8 Å². The van der Waals surface area contributed by atoms with Gasteiger partial charge in [0.25, 0.3) is 5.91 Å². The van der Waals surface area contributed by atoms with Crippen molar-refractivity contribution in [2.75, 3.05) is 31.4 Å². The van der Waals surface area contributed by atoms with Crippen molar-refractivity contribution < 1.29 is 31.8 Å². The van der Waals surface area contributed by atoms with Crippen LogP contribution in [0.3, 0.4) is 0 Å². The number of halogens is 1. The first-order chi connectivity index (χ1) is 17.1. The van der Waals surface area contributed by atoms with Crippen LogP contribution in [0.15, 0.2) is 66.7 Å². The molecular formula is C26H29FN2O6S. The van der Waals surface area contributed by atoms with Crippen molar-refractivity contribution >= 4 is 21.6 Å². The molecule has 0 aliphatic heterocycles. The highest BCUT2D eigenvalue weighted by atomic mass is 32.2. The Labute approximate surface area is 210 Å². The van der Waals surface area contributed by atoms with Gasteiger partial charge in [-0.05, 0) is 55.0 Å². The summed E-state index contributed by atoms with van der Waals surface area (Å²) in [6.07, 6.45) is 1.06. The minimum atomic E-state index is -3.68. The second-order valence-electron chi connectivity index (χ2n) is 8.05. The summed E-state index contributed by atoms with van der Waals surface area (Å²) in [6, 6.07) is 17.3. The van der Waals surface area contributed by atoms with E-state index in [9.17, 15) is 17.6 Å². The van der Waals surface area contributed by atoms with Gasteiger partial charge in [0, 0.05) is 5.56 Å². The average molecular weight is 517 g/mol. The molecule has 0 fully saturated rings. The van der Waals surface area contributed by atoms with Crippen LogP contribution in [-0.4, -0.2) is 41.4 Å². The maximum atomic E-state index is 14.1. The van der Waals surface area contributed by atoms with Crippen molar-refractivity contribution in [3.8, 4) is 17.2 Å². The van der Waals surface area contributed by atoms with E-state index in [1.165, 1.54) is 12.1 Å². The molecule has 3 aromatic rings. The Morgan fingerprint density at radius 2 is 1.67 bits per heavy atom. The molecule has 3 aromatic carbocycles. The van der Waals surface area contributed by atoms with Gasteiger partial charge in [-0.3, -0.25) is 9.10 Å². The van der Waals surface area contributed by atoms with Crippen LogP contribution in [0.2, 0.25) is 0 Å². The Balaban J connectivity index is 1.61. The Morgan fingerprint density at radius 1 is 1.00 bits per heavy atom. The van der Waals surface area contributed by atoms with Gasteiger partial charge in [0.1, 0.15) is 11.6 Å². The van der Waals surface area contributed by atoms with Gasteiger partial charge < -0.3 is 19.5 Å². The van der Waals surface area contributed by atoms with Crippen LogP contribution in [0.4, 0.5) is 10.1 Å². The third kappa shape index (κ3) is 6.88. The zero-order chi connectivity index (χ0) is 26.3. The third-order valence-corrected chi connectivity index (χ3v) is 6.59. The van der Waals surface area contributed by atoms with Gasteiger partial charge in [0.2, 0.25) is 10.0 Å². The number of ether oxygens (including phenoxy) is 3. The molecular weight excluding hydrogens is 487 g/mol. The molecule has 0 bridgehead atoms. The summed E-state index contributed by atoms with van der Waals surface area (Å²) in [5.74, 6) is 0.714. The van der Waals surface area contributed by atoms with Gasteiger partial charge in [-0.15, -0.1) is 0 Å². The van der Waals surface area contributed by atoms with Gasteiger partial charge in [-0.2, -0.15) is 0 Å². The molecule has 192 valence electrons. The van der Waals surface area contributed by atoms with Crippen molar-refractivity contribution in [1.82, 2.24) is 5.32 Å². The maximum Gasteiger partial charge on any atom is 0.258 e. The van der Waals surface area contributed by atoms with E-state index in [0.29, 0.717) is 22.9 Å². The fraction of sp³-hybridized carbons (Fsp3) is 0.269. The van der Waals surface area contributed by atoms with Crippen LogP contribution >= 0.6 is 0 Å². The van der Waals surface area contributed by atoms with E-state index in [2.05, 4.69) is 5.32 Å². The Hall–Kier alpha value is -3.79. The fourth-order valence-electron chi connectivity index (χ4n) is 3.53. The molecule has 1 amide bonds. The molecule has 0 heterocycles. The lowest BCUT2D eigenvalue weighted by molar-refractivity contribution is -0.123. The van der Waals surface area contributed by atoms with Crippen LogP contribution in [0.25, 0.3) is 0 Å². The quantitative estimate of drug-likeness (QED) is 0.413. The first kappa shape index (κ1) is 26.8. The number of anilines is 1. The smallest absolute Gasteiger partial charge is 0.258 e. The van der Waals surface area contributed by atoms with Gasteiger partial charge >= 0.3 is 0 Å². The Morgan fingerprint density at radius 3 is 2.28 bits per heavy atom. The largest absolute Gasteiger partial charge is 0.493 e. The third-order valence-electron chi connectivity index (χ3n) is 5.45.